The van der Waals surface area contributed by atoms with E-state index in [-0.39, 0.29) is 0 Å². The van der Waals surface area contributed by atoms with Crippen molar-refractivity contribution in [3.8, 4) is 11.8 Å². The summed E-state index contributed by atoms with van der Waals surface area (Å²) in [7, 11) is 1.68. The maximum Gasteiger partial charge on any atom is 0.119 e. The van der Waals surface area contributed by atoms with Crippen molar-refractivity contribution >= 4 is 10.9 Å². The molecule has 0 amide bonds. The molecular weight excluding hydrogens is 248 g/mol. The predicted molar refractivity (Wildman–Crippen MR) is 78.7 cm³/mol. The lowest BCUT2D eigenvalue weighted by molar-refractivity contribution is 0.415. The third-order valence-corrected chi connectivity index (χ3v) is 3.41. The average molecular weight is 262 g/mol. The number of hydrogen-bond donors (Lipinski definition) is 0. The van der Waals surface area contributed by atoms with Gasteiger partial charge in [-0.1, -0.05) is 12.1 Å². The maximum absolute atomic E-state index is 8.81. The topological polar surface area (TPSA) is 38.0 Å². The van der Waals surface area contributed by atoms with E-state index in [0.717, 1.165) is 17.7 Å². The van der Waals surface area contributed by atoms with Crippen LogP contribution in [0, 0.1) is 11.3 Å². The zero-order chi connectivity index (χ0) is 13.9. The van der Waals surface area contributed by atoms with Gasteiger partial charge in [0.1, 0.15) is 5.75 Å². The molecule has 0 atom stereocenters. The maximum atomic E-state index is 8.81. The molecule has 1 aromatic heterocycles. The zero-order valence-corrected chi connectivity index (χ0v) is 11.2. The van der Waals surface area contributed by atoms with Crippen molar-refractivity contribution in [1.29, 1.82) is 5.26 Å². The van der Waals surface area contributed by atoms with Crippen LogP contribution in [-0.2, 0) is 6.54 Å². The molecule has 0 aliphatic carbocycles. The van der Waals surface area contributed by atoms with Crippen LogP contribution in [0.15, 0.2) is 54.7 Å². The first kappa shape index (κ1) is 12.3. The van der Waals surface area contributed by atoms with Gasteiger partial charge in [-0.25, -0.2) is 0 Å². The molecule has 2 aromatic carbocycles. The van der Waals surface area contributed by atoms with Crippen molar-refractivity contribution in [2.75, 3.05) is 7.11 Å². The van der Waals surface area contributed by atoms with E-state index in [2.05, 4.69) is 29.0 Å². The Hall–Kier alpha value is -2.73. The van der Waals surface area contributed by atoms with Gasteiger partial charge >= 0.3 is 0 Å². The Kier molecular flexibility index (Phi) is 3.14. The van der Waals surface area contributed by atoms with E-state index >= 15 is 0 Å². The van der Waals surface area contributed by atoms with Crippen molar-refractivity contribution < 1.29 is 4.74 Å². The Morgan fingerprint density at radius 1 is 1.10 bits per heavy atom. The Labute approximate surface area is 117 Å². The van der Waals surface area contributed by atoms with Gasteiger partial charge < -0.3 is 9.30 Å². The quantitative estimate of drug-likeness (QED) is 0.723. The zero-order valence-electron chi connectivity index (χ0n) is 11.2. The van der Waals surface area contributed by atoms with Gasteiger partial charge in [-0.05, 0) is 42.0 Å². The number of methoxy groups -OCH3 is 1. The minimum atomic E-state index is 0.691. The fraction of sp³-hybridized carbons (Fsp3) is 0.118. The molecule has 3 aromatic rings. The molecule has 1 heterocycles. The largest absolute Gasteiger partial charge is 0.497 e. The average Bonchev–Trinajstić information content (AvgIpc) is 2.90. The monoisotopic (exact) mass is 262 g/mol. The second-order valence-electron chi connectivity index (χ2n) is 4.68. The summed E-state index contributed by atoms with van der Waals surface area (Å²) in [6, 6.07) is 18.0. The summed E-state index contributed by atoms with van der Waals surface area (Å²) in [5.74, 6) is 0.869. The summed E-state index contributed by atoms with van der Waals surface area (Å²) >= 11 is 0. The predicted octanol–water partition coefficient (Wildman–Crippen LogP) is 3.57. The summed E-state index contributed by atoms with van der Waals surface area (Å²) in [5, 5.41) is 9.97. The van der Waals surface area contributed by atoms with Gasteiger partial charge in [-0.2, -0.15) is 5.26 Å². The molecule has 3 heteroatoms. The van der Waals surface area contributed by atoms with Crippen LogP contribution in [0.1, 0.15) is 11.1 Å². The number of rotatable bonds is 3. The highest BCUT2D eigenvalue weighted by molar-refractivity contribution is 5.81. The highest BCUT2D eigenvalue weighted by atomic mass is 16.5. The second kappa shape index (κ2) is 5.10. The molecule has 98 valence electrons. The summed E-state index contributed by atoms with van der Waals surface area (Å²) in [5.41, 5.74) is 3.04. The summed E-state index contributed by atoms with van der Waals surface area (Å²) in [6.07, 6.45) is 2.07. The molecule has 3 nitrogen and oxygen atoms in total. The molecule has 0 radical (unpaired) electrons. The first-order valence-corrected chi connectivity index (χ1v) is 6.42. The Morgan fingerprint density at radius 2 is 1.90 bits per heavy atom. The van der Waals surface area contributed by atoms with Gasteiger partial charge in [0, 0.05) is 23.6 Å². The molecule has 0 aliphatic rings. The number of aromatic nitrogens is 1. The minimum absolute atomic E-state index is 0.691. The third-order valence-electron chi connectivity index (χ3n) is 3.41. The van der Waals surface area contributed by atoms with Crippen molar-refractivity contribution in [2.45, 2.75) is 6.54 Å². The van der Waals surface area contributed by atoms with Gasteiger partial charge in [-0.15, -0.1) is 0 Å². The molecular formula is C17H14N2O. The van der Waals surface area contributed by atoms with Gasteiger partial charge in [0.15, 0.2) is 0 Å². The highest BCUT2D eigenvalue weighted by Gasteiger charge is 2.03. The minimum Gasteiger partial charge on any atom is -0.497 e. The van der Waals surface area contributed by atoms with Crippen molar-refractivity contribution in [3.05, 3.63) is 65.9 Å². The standard InChI is InChI=1S/C17H14N2O/c1-20-16-6-7-17-15(10-16)8-9-19(17)12-14-4-2-13(11-18)3-5-14/h2-10H,12H2,1H3. The number of ether oxygens (including phenoxy) is 1. The fourth-order valence-electron chi connectivity index (χ4n) is 2.32. The number of hydrogen-bond acceptors (Lipinski definition) is 2. The molecule has 0 unspecified atom stereocenters. The van der Waals surface area contributed by atoms with Crippen molar-refractivity contribution in [2.24, 2.45) is 0 Å². The summed E-state index contributed by atoms with van der Waals surface area (Å²) in [6.45, 7) is 0.793. The third kappa shape index (κ3) is 2.24. The van der Waals surface area contributed by atoms with Gasteiger partial charge in [0.2, 0.25) is 0 Å². The van der Waals surface area contributed by atoms with E-state index in [1.807, 2.05) is 36.4 Å². The molecule has 0 saturated carbocycles. The highest BCUT2D eigenvalue weighted by Crippen LogP contribution is 2.22. The normalized spacial score (nSPS) is 10.4. The van der Waals surface area contributed by atoms with E-state index in [1.165, 1.54) is 11.1 Å². The summed E-state index contributed by atoms with van der Waals surface area (Å²) < 4.78 is 7.43. The molecule has 0 N–H and O–H groups in total. The van der Waals surface area contributed by atoms with Crippen LogP contribution in [0.25, 0.3) is 10.9 Å². The number of nitrogens with zero attached hydrogens (tertiary/aromatic N) is 2. The van der Waals surface area contributed by atoms with Crippen molar-refractivity contribution in [3.63, 3.8) is 0 Å². The Morgan fingerprint density at radius 3 is 2.60 bits per heavy atom. The van der Waals surface area contributed by atoms with Gasteiger partial charge in [0.25, 0.3) is 0 Å². The first-order chi connectivity index (χ1) is 9.80. The van der Waals surface area contributed by atoms with E-state index in [9.17, 15) is 0 Å². The lowest BCUT2D eigenvalue weighted by Gasteiger charge is -2.06. The molecule has 20 heavy (non-hydrogen) atoms. The molecule has 0 bridgehead atoms. The number of fused-ring (bicyclic) bond motifs is 1. The van der Waals surface area contributed by atoms with E-state index in [4.69, 9.17) is 10.00 Å². The molecule has 0 aliphatic heterocycles. The smallest absolute Gasteiger partial charge is 0.119 e. The Balaban J connectivity index is 1.92. The van der Waals surface area contributed by atoms with Crippen LogP contribution in [0.4, 0.5) is 0 Å². The SMILES string of the molecule is COc1ccc2c(ccn2Cc2ccc(C#N)cc2)c1. The Bertz CT molecular complexity index is 779. The van der Waals surface area contributed by atoms with Crippen LogP contribution in [0.2, 0.25) is 0 Å². The number of nitriles is 1. The van der Waals surface area contributed by atoms with Gasteiger partial charge in [0.05, 0.1) is 18.7 Å². The number of benzene rings is 2. The molecule has 0 spiro atoms. The van der Waals surface area contributed by atoms with E-state index < -0.39 is 0 Å². The molecule has 0 saturated heterocycles. The second-order valence-corrected chi connectivity index (χ2v) is 4.68. The van der Waals surface area contributed by atoms with E-state index in [0.29, 0.717) is 5.56 Å². The first-order valence-electron chi connectivity index (χ1n) is 6.42. The molecule has 0 fully saturated rings. The lowest BCUT2D eigenvalue weighted by atomic mass is 10.1. The lowest BCUT2D eigenvalue weighted by Crippen LogP contribution is -1.97. The van der Waals surface area contributed by atoms with Crippen LogP contribution in [0.5, 0.6) is 5.75 Å². The van der Waals surface area contributed by atoms with Crippen molar-refractivity contribution in [1.82, 2.24) is 4.57 Å². The van der Waals surface area contributed by atoms with Gasteiger partial charge in [-0.3, -0.25) is 0 Å². The van der Waals surface area contributed by atoms with Crippen LogP contribution >= 0.6 is 0 Å². The molecule has 3 rings (SSSR count). The summed E-state index contributed by atoms with van der Waals surface area (Å²) in [4.78, 5) is 0. The fourth-order valence-corrected chi connectivity index (χ4v) is 2.32. The van der Waals surface area contributed by atoms with Crippen LogP contribution in [0.3, 0.4) is 0 Å². The van der Waals surface area contributed by atoms with Crippen LogP contribution in [-0.4, -0.2) is 11.7 Å². The van der Waals surface area contributed by atoms with E-state index in [1.54, 1.807) is 7.11 Å². The van der Waals surface area contributed by atoms with Crippen LogP contribution < -0.4 is 4.74 Å².